The summed E-state index contributed by atoms with van der Waals surface area (Å²) in [6.07, 6.45) is -1.15. The van der Waals surface area contributed by atoms with Crippen molar-refractivity contribution >= 4 is 11.9 Å². The van der Waals surface area contributed by atoms with Crippen LogP contribution in [0.4, 0.5) is 0 Å². The molecule has 6 heteroatoms. The lowest BCUT2D eigenvalue weighted by Gasteiger charge is -2.44. The summed E-state index contributed by atoms with van der Waals surface area (Å²) in [6, 6.07) is 19.7. The molecule has 6 nitrogen and oxygen atoms in total. The maximum Gasteiger partial charge on any atom is 0.307 e. The first kappa shape index (κ1) is 19.6. The Balaban J connectivity index is 1.55. The van der Waals surface area contributed by atoms with Gasteiger partial charge in [-0.3, -0.25) is 14.5 Å². The molecule has 2 aliphatic heterocycles. The number of esters is 2. The van der Waals surface area contributed by atoms with E-state index in [-0.39, 0.29) is 18.0 Å². The Morgan fingerprint density at radius 1 is 1.07 bits per heavy atom. The number of rotatable bonds is 6. The molecule has 0 unspecified atom stereocenters. The van der Waals surface area contributed by atoms with Crippen LogP contribution in [0.25, 0.3) is 0 Å². The van der Waals surface area contributed by atoms with Crippen molar-refractivity contribution in [3.8, 4) is 0 Å². The second-order valence-corrected chi connectivity index (χ2v) is 7.55. The average molecular weight is 395 g/mol. The Bertz CT molecular complexity index is 841. The van der Waals surface area contributed by atoms with Crippen molar-refractivity contribution in [1.29, 1.82) is 0 Å². The number of nitrogens with zero attached hydrogens (tertiary/aromatic N) is 1. The van der Waals surface area contributed by atoms with Crippen LogP contribution in [0.2, 0.25) is 0 Å². The van der Waals surface area contributed by atoms with Crippen molar-refractivity contribution in [2.24, 2.45) is 0 Å². The third kappa shape index (κ3) is 4.66. The molecule has 0 spiro atoms. The molecule has 4 atom stereocenters. The van der Waals surface area contributed by atoms with Gasteiger partial charge in [0.2, 0.25) is 0 Å². The van der Waals surface area contributed by atoms with Crippen LogP contribution in [0.5, 0.6) is 0 Å². The predicted octanol–water partition coefficient (Wildman–Crippen LogP) is 2.70. The molecule has 0 bridgehead atoms. The van der Waals surface area contributed by atoms with E-state index in [9.17, 15) is 9.59 Å². The topological polar surface area (TPSA) is 65.1 Å². The Hall–Kier alpha value is -2.70. The number of hydrogen-bond donors (Lipinski definition) is 0. The van der Waals surface area contributed by atoms with Gasteiger partial charge < -0.3 is 14.2 Å². The molecule has 0 aliphatic carbocycles. The summed E-state index contributed by atoms with van der Waals surface area (Å²) in [5.74, 6) is -0.611. The number of carbonyl (C=O) groups is 2. The largest absolute Gasteiger partial charge is 0.458 e. The van der Waals surface area contributed by atoms with Crippen LogP contribution in [-0.4, -0.2) is 47.7 Å². The first-order valence-electron chi connectivity index (χ1n) is 9.90. The zero-order chi connectivity index (χ0) is 20.2. The molecule has 2 heterocycles. The van der Waals surface area contributed by atoms with Gasteiger partial charge in [0.15, 0.2) is 0 Å². The number of hydrogen-bond acceptors (Lipinski definition) is 6. The van der Waals surface area contributed by atoms with E-state index in [0.29, 0.717) is 26.1 Å². The van der Waals surface area contributed by atoms with Gasteiger partial charge in [-0.05, 0) is 11.1 Å². The maximum absolute atomic E-state index is 12.1. The molecule has 4 rings (SSSR count). The van der Waals surface area contributed by atoms with E-state index in [2.05, 4.69) is 4.90 Å². The van der Waals surface area contributed by atoms with Gasteiger partial charge in [0, 0.05) is 20.0 Å². The number of piperidine rings is 1. The molecule has 29 heavy (non-hydrogen) atoms. The Morgan fingerprint density at radius 3 is 2.38 bits per heavy atom. The number of carbonyl (C=O) groups excluding carboxylic acids is 2. The predicted molar refractivity (Wildman–Crippen MR) is 106 cm³/mol. The van der Waals surface area contributed by atoms with Crippen molar-refractivity contribution in [3.05, 3.63) is 71.8 Å². The molecule has 0 radical (unpaired) electrons. The number of fused-ring (bicyclic) bond motifs is 1. The minimum Gasteiger partial charge on any atom is -0.458 e. The Labute approximate surface area is 170 Å². The van der Waals surface area contributed by atoms with Crippen molar-refractivity contribution in [2.75, 3.05) is 6.54 Å². The van der Waals surface area contributed by atoms with Crippen LogP contribution in [-0.2, 0) is 37.0 Å². The fourth-order valence-corrected chi connectivity index (χ4v) is 4.16. The number of likely N-dealkylation sites (tertiary alicyclic amines) is 1. The highest BCUT2D eigenvalue weighted by atomic mass is 16.6. The van der Waals surface area contributed by atoms with Gasteiger partial charge in [-0.25, -0.2) is 0 Å². The van der Waals surface area contributed by atoms with E-state index < -0.39 is 18.3 Å². The summed E-state index contributed by atoms with van der Waals surface area (Å²) in [7, 11) is 0. The normalized spacial score (nSPS) is 26.6. The number of benzene rings is 2. The quantitative estimate of drug-likeness (QED) is 0.701. The molecule has 0 amide bonds. The van der Waals surface area contributed by atoms with Gasteiger partial charge >= 0.3 is 11.9 Å². The summed E-state index contributed by atoms with van der Waals surface area (Å²) >= 11 is 0. The molecule has 2 aromatic carbocycles. The summed E-state index contributed by atoms with van der Waals surface area (Å²) in [4.78, 5) is 26.1. The lowest BCUT2D eigenvalue weighted by Crippen LogP contribution is -2.61. The van der Waals surface area contributed by atoms with Gasteiger partial charge in [-0.15, -0.1) is 0 Å². The fourth-order valence-electron chi connectivity index (χ4n) is 4.16. The molecular formula is C23H25NO5. The molecule has 2 saturated heterocycles. The second-order valence-electron chi connectivity index (χ2n) is 7.55. The van der Waals surface area contributed by atoms with Gasteiger partial charge in [0.25, 0.3) is 0 Å². The monoisotopic (exact) mass is 395 g/mol. The first-order chi connectivity index (χ1) is 14.1. The molecule has 0 saturated carbocycles. The van der Waals surface area contributed by atoms with E-state index >= 15 is 0 Å². The van der Waals surface area contributed by atoms with Crippen LogP contribution < -0.4 is 0 Å². The third-order valence-electron chi connectivity index (χ3n) is 5.43. The summed E-state index contributed by atoms with van der Waals surface area (Å²) < 4.78 is 17.4. The van der Waals surface area contributed by atoms with E-state index in [4.69, 9.17) is 14.2 Å². The Morgan fingerprint density at radius 2 is 1.72 bits per heavy atom. The highest BCUT2D eigenvalue weighted by Crippen LogP contribution is 2.34. The van der Waals surface area contributed by atoms with Gasteiger partial charge in [0.1, 0.15) is 18.3 Å². The van der Waals surface area contributed by atoms with Crippen LogP contribution in [0, 0.1) is 0 Å². The minimum absolute atomic E-state index is 0.102. The molecule has 2 aromatic rings. The third-order valence-corrected chi connectivity index (χ3v) is 5.43. The van der Waals surface area contributed by atoms with Crippen LogP contribution in [0.3, 0.4) is 0 Å². The van der Waals surface area contributed by atoms with Gasteiger partial charge in [-0.2, -0.15) is 0 Å². The average Bonchev–Trinajstić information content (AvgIpc) is 3.10. The molecular weight excluding hydrogens is 370 g/mol. The maximum atomic E-state index is 12.1. The van der Waals surface area contributed by atoms with E-state index in [1.165, 1.54) is 6.92 Å². The second kappa shape index (κ2) is 8.76. The summed E-state index contributed by atoms with van der Waals surface area (Å²) in [5, 5.41) is 0. The van der Waals surface area contributed by atoms with E-state index in [1.54, 1.807) is 0 Å². The fraction of sp³-hybridized carbons (Fsp3) is 0.391. The van der Waals surface area contributed by atoms with Crippen LogP contribution in [0.1, 0.15) is 24.5 Å². The van der Waals surface area contributed by atoms with Crippen LogP contribution >= 0.6 is 0 Å². The summed E-state index contributed by atoms with van der Waals surface area (Å²) in [6.45, 7) is 2.90. The SMILES string of the molecule is CC(=O)O[C@H]1CN(Cc2ccccc2)[C@H]2CC(=O)O[C@H]2[C@@H]1OCc1ccccc1. The van der Waals surface area contributed by atoms with E-state index in [0.717, 1.165) is 11.1 Å². The summed E-state index contributed by atoms with van der Waals surface area (Å²) in [5.41, 5.74) is 2.15. The van der Waals surface area contributed by atoms with Crippen LogP contribution in [0.15, 0.2) is 60.7 Å². The highest BCUT2D eigenvalue weighted by Gasteiger charge is 2.52. The smallest absolute Gasteiger partial charge is 0.307 e. The molecule has 0 N–H and O–H groups in total. The zero-order valence-electron chi connectivity index (χ0n) is 16.4. The van der Waals surface area contributed by atoms with Crippen molar-refractivity contribution in [3.63, 3.8) is 0 Å². The highest BCUT2D eigenvalue weighted by molar-refractivity contribution is 5.73. The minimum atomic E-state index is -0.507. The van der Waals surface area contributed by atoms with Crippen molar-refractivity contribution in [1.82, 2.24) is 4.90 Å². The molecule has 2 aliphatic rings. The van der Waals surface area contributed by atoms with E-state index in [1.807, 2.05) is 60.7 Å². The number of ether oxygens (including phenoxy) is 3. The first-order valence-corrected chi connectivity index (χ1v) is 9.90. The zero-order valence-corrected chi connectivity index (χ0v) is 16.4. The van der Waals surface area contributed by atoms with Gasteiger partial charge in [0.05, 0.1) is 19.1 Å². The van der Waals surface area contributed by atoms with Crippen molar-refractivity contribution in [2.45, 2.75) is 50.8 Å². The molecule has 2 fully saturated rings. The van der Waals surface area contributed by atoms with Crippen molar-refractivity contribution < 1.29 is 23.8 Å². The lowest BCUT2D eigenvalue weighted by molar-refractivity contribution is -0.188. The standard InChI is InChI=1S/C23H25NO5/c1-16(25)28-20-14-24(13-17-8-4-2-5-9-17)19-12-21(26)29-22(19)23(20)27-15-18-10-6-3-7-11-18/h2-11,19-20,22-23H,12-15H2,1H3/t19-,20-,22+,23+/m0/s1. The van der Waals surface area contributed by atoms with Gasteiger partial charge in [-0.1, -0.05) is 60.7 Å². The Kier molecular flexibility index (Phi) is 5.92. The lowest BCUT2D eigenvalue weighted by atomic mass is 9.92. The molecule has 152 valence electrons. The molecule has 0 aromatic heterocycles.